The van der Waals surface area contributed by atoms with Gasteiger partial charge in [-0.1, -0.05) is 30.6 Å². The van der Waals surface area contributed by atoms with Crippen molar-refractivity contribution in [2.75, 3.05) is 6.54 Å². The van der Waals surface area contributed by atoms with E-state index in [1.54, 1.807) is 12.1 Å². The van der Waals surface area contributed by atoms with Crippen LogP contribution in [0.4, 0.5) is 0 Å². The van der Waals surface area contributed by atoms with E-state index < -0.39 is 0 Å². The van der Waals surface area contributed by atoms with Crippen LogP contribution >= 0.6 is 35.3 Å². The molecule has 22 heavy (non-hydrogen) atoms. The van der Waals surface area contributed by atoms with E-state index in [2.05, 4.69) is 24.3 Å². The van der Waals surface area contributed by atoms with Crippen LogP contribution in [0.1, 0.15) is 30.8 Å². The van der Waals surface area contributed by atoms with Crippen molar-refractivity contribution in [3.05, 3.63) is 28.2 Å². The van der Waals surface area contributed by atoms with Crippen molar-refractivity contribution in [1.29, 1.82) is 0 Å². The fourth-order valence-corrected chi connectivity index (χ4v) is 2.98. The number of hydrogen-bond acceptors (Lipinski definition) is 5. The van der Waals surface area contributed by atoms with E-state index in [4.69, 9.17) is 21.9 Å². The van der Waals surface area contributed by atoms with E-state index in [0.717, 1.165) is 11.3 Å². The Morgan fingerprint density at radius 2 is 2.23 bits per heavy atom. The Kier molecular flexibility index (Phi) is 7.35. The Hall–Kier alpha value is -1.08. The molecule has 122 valence electrons. The SMILES string of the molecule is CC(C)CC(CN)NC(=O)c1cc(-c2ccc(Cl)s2)on1.Cl. The molecular formula is C14H19Cl2N3O2S. The molecule has 2 aromatic heterocycles. The number of nitrogens with zero attached hydrogens (tertiary/aromatic N) is 1. The molecule has 0 fully saturated rings. The van der Waals surface area contributed by atoms with Gasteiger partial charge in [0.25, 0.3) is 5.91 Å². The lowest BCUT2D eigenvalue weighted by molar-refractivity contribution is 0.0924. The number of carbonyl (C=O) groups is 1. The quantitative estimate of drug-likeness (QED) is 0.821. The van der Waals surface area contributed by atoms with Gasteiger partial charge in [0.1, 0.15) is 0 Å². The second kappa shape index (κ2) is 8.53. The van der Waals surface area contributed by atoms with Crippen molar-refractivity contribution in [3.63, 3.8) is 0 Å². The van der Waals surface area contributed by atoms with Gasteiger partial charge in [-0.05, 0) is 24.5 Å². The van der Waals surface area contributed by atoms with Gasteiger partial charge >= 0.3 is 0 Å². The highest BCUT2D eigenvalue weighted by Crippen LogP contribution is 2.31. The molecule has 1 amide bonds. The first kappa shape index (κ1) is 19.0. The lowest BCUT2D eigenvalue weighted by atomic mass is 10.0. The first-order chi connectivity index (χ1) is 9.99. The van der Waals surface area contributed by atoms with Gasteiger partial charge in [-0.15, -0.1) is 23.7 Å². The van der Waals surface area contributed by atoms with Gasteiger partial charge in [0.05, 0.1) is 9.21 Å². The van der Waals surface area contributed by atoms with Crippen molar-refractivity contribution < 1.29 is 9.32 Å². The van der Waals surface area contributed by atoms with Crippen LogP contribution in [-0.2, 0) is 0 Å². The second-order valence-corrected chi connectivity index (χ2v) is 6.93. The lowest BCUT2D eigenvalue weighted by Crippen LogP contribution is -2.41. The maximum Gasteiger partial charge on any atom is 0.273 e. The van der Waals surface area contributed by atoms with Crippen LogP contribution in [0.3, 0.4) is 0 Å². The molecule has 2 aromatic rings. The molecular weight excluding hydrogens is 345 g/mol. The summed E-state index contributed by atoms with van der Waals surface area (Å²) < 4.78 is 5.85. The zero-order valence-corrected chi connectivity index (χ0v) is 14.7. The number of hydrogen-bond donors (Lipinski definition) is 2. The summed E-state index contributed by atoms with van der Waals surface area (Å²) >= 11 is 7.25. The highest BCUT2D eigenvalue weighted by Gasteiger charge is 2.18. The second-order valence-electron chi connectivity index (χ2n) is 5.22. The molecule has 0 saturated carbocycles. The number of amides is 1. The van der Waals surface area contributed by atoms with Gasteiger partial charge in [0.15, 0.2) is 11.5 Å². The Balaban J connectivity index is 0.00000242. The van der Waals surface area contributed by atoms with Crippen LogP contribution in [0.5, 0.6) is 0 Å². The van der Waals surface area contributed by atoms with Gasteiger partial charge in [0, 0.05) is 18.7 Å². The fourth-order valence-electron chi connectivity index (χ4n) is 1.99. The van der Waals surface area contributed by atoms with Gasteiger partial charge in [0.2, 0.25) is 0 Å². The molecule has 2 heterocycles. The summed E-state index contributed by atoms with van der Waals surface area (Å²) in [7, 11) is 0. The highest BCUT2D eigenvalue weighted by atomic mass is 35.5. The average Bonchev–Trinajstić information content (AvgIpc) is 3.05. The van der Waals surface area contributed by atoms with Crippen LogP contribution in [0.15, 0.2) is 22.7 Å². The molecule has 0 aliphatic heterocycles. The standard InChI is InChI=1S/C14H18ClN3O2S.ClH/c1-8(2)5-9(7-16)17-14(19)10-6-11(20-18-10)12-3-4-13(15)21-12;/h3-4,6,8-9H,5,7,16H2,1-2H3,(H,17,19);1H. The van der Waals surface area contributed by atoms with Crippen molar-refractivity contribution in [3.8, 4) is 10.6 Å². The number of nitrogens with one attached hydrogen (secondary N) is 1. The third kappa shape index (κ3) is 4.98. The van der Waals surface area contributed by atoms with Crippen LogP contribution in [-0.4, -0.2) is 23.7 Å². The summed E-state index contributed by atoms with van der Waals surface area (Å²) in [6.45, 7) is 4.57. The molecule has 0 aromatic carbocycles. The first-order valence-corrected chi connectivity index (χ1v) is 7.92. The summed E-state index contributed by atoms with van der Waals surface area (Å²) in [6.07, 6.45) is 0.827. The normalized spacial score (nSPS) is 12.0. The fraction of sp³-hybridized carbons (Fsp3) is 0.429. The van der Waals surface area contributed by atoms with E-state index in [1.807, 2.05) is 6.07 Å². The van der Waals surface area contributed by atoms with Crippen LogP contribution < -0.4 is 11.1 Å². The predicted octanol–water partition coefficient (Wildman–Crippen LogP) is 3.58. The molecule has 8 heteroatoms. The summed E-state index contributed by atoms with van der Waals surface area (Å²) in [5.74, 6) is 0.717. The zero-order chi connectivity index (χ0) is 15.4. The molecule has 0 saturated heterocycles. The number of nitrogens with two attached hydrogens (primary N) is 1. The van der Waals surface area contributed by atoms with E-state index in [1.165, 1.54) is 11.3 Å². The summed E-state index contributed by atoms with van der Waals surface area (Å²) in [5, 5.41) is 6.68. The third-order valence-corrected chi connectivity index (χ3v) is 4.18. The highest BCUT2D eigenvalue weighted by molar-refractivity contribution is 7.19. The van der Waals surface area contributed by atoms with Gasteiger partial charge < -0.3 is 15.6 Å². The van der Waals surface area contributed by atoms with E-state index in [0.29, 0.717) is 22.6 Å². The number of halogens is 2. The Morgan fingerprint density at radius 3 is 2.77 bits per heavy atom. The lowest BCUT2D eigenvalue weighted by Gasteiger charge is -2.17. The molecule has 0 aliphatic carbocycles. The largest absolute Gasteiger partial charge is 0.355 e. The minimum atomic E-state index is -0.274. The van der Waals surface area contributed by atoms with Gasteiger partial charge in [-0.3, -0.25) is 4.79 Å². The molecule has 0 radical (unpaired) electrons. The van der Waals surface area contributed by atoms with E-state index in [-0.39, 0.29) is 30.0 Å². The maximum absolute atomic E-state index is 12.1. The van der Waals surface area contributed by atoms with Crippen molar-refractivity contribution in [1.82, 2.24) is 10.5 Å². The summed E-state index contributed by atoms with van der Waals surface area (Å²) in [5.41, 5.74) is 5.92. The minimum absolute atomic E-state index is 0. The number of rotatable bonds is 6. The summed E-state index contributed by atoms with van der Waals surface area (Å²) in [6, 6.07) is 5.16. The van der Waals surface area contributed by atoms with Crippen LogP contribution in [0.25, 0.3) is 10.6 Å². The smallest absolute Gasteiger partial charge is 0.273 e. The summed E-state index contributed by atoms with van der Waals surface area (Å²) in [4.78, 5) is 13.0. The third-order valence-electron chi connectivity index (χ3n) is 2.93. The van der Waals surface area contributed by atoms with E-state index in [9.17, 15) is 4.79 Å². The van der Waals surface area contributed by atoms with Crippen LogP contribution in [0.2, 0.25) is 4.34 Å². The number of thiophene rings is 1. The van der Waals surface area contributed by atoms with Crippen molar-refractivity contribution in [2.45, 2.75) is 26.3 Å². The first-order valence-electron chi connectivity index (χ1n) is 6.73. The average molecular weight is 364 g/mol. The van der Waals surface area contributed by atoms with Crippen molar-refractivity contribution in [2.24, 2.45) is 11.7 Å². The Morgan fingerprint density at radius 1 is 1.50 bits per heavy atom. The predicted molar refractivity (Wildman–Crippen MR) is 91.8 cm³/mol. The molecule has 1 unspecified atom stereocenters. The molecule has 3 N–H and O–H groups in total. The zero-order valence-electron chi connectivity index (χ0n) is 12.3. The Labute approximate surface area is 144 Å². The Bertz CT molecular complexity index is 613. The topological polar surface area (TPSA) is 81.1 Å². The minimum Gasteiger partial charge on any atom is -0.355 e. The van der Waals surface area contributed by atoms with Gasteiger partial charge in [-0.25, -0.2) is 0 Å². The maximum atomic E-state index is 12.1. The number of carbonyl (C=O) groups excluding carboxylic acids is 1. The molecule has 0 spiro atoms. The van der Waals surface area contributed by atoms with Crippen molar-refractivity contribution >= 4 is 41.3 Å². The molecule has 0 aliphatic rings. The molecule has 5 nitrogen and oxygen atoms in total. The molecule has 1 atom stereocenters. The molecule has 2 rings (SSSR count). The van der Waals surface area contributed by atoms with Crippen LogP contribution in [0, 0.1) is 5.92 Å². The number of aromatic nitrogens is 1. The molecule has 0 bridgehead atoms. The van der Waals surface area contributed by atoms with Gasteiger partial charge in [-0.2, -0.15) is 0 Å². The monoisotopic (exact) mass is 363 g/mol. The van der Waals surface area contributed by atoms with E-state index >= 15 is 0 Å².